The van der Waals surface area contributed by atoms with Crippen molar-refractivity contribution < 1.29 is 19.2 Å². The van der Waals surface area contributed by atoms with Gasteiger partial charge in [-0.15, -0.1) is 0 Å². The topological polar surface area (TPSA) is 221 Å². The van der Waals surface area contributed by atoms with E-state index in [0.29, 0.717) is 37.8 Å². The van der Waals surface area contributed by atoms with E-state index in [1.165, 1.54) is 0 Å². The first-order chi connectivity index (χ1) is 18.7. The molecule has 4 amide bonds. The predicted octanol–water partition coefficient (Wildman–Crippen LogP) is 0.00280. The molecular formula is C27H44N8O4. The number of hydrogen-bond acceptors (Lipinski definition) is 6. The van der Waals surface area contributed by atoms with Gasteiger partial charge >= 0.3 is 0 Å². The molecule has 1 saturated carbocycles. The van der Waals surface area contributed by atoms with E-state index in [9.17, 15) is 19.2 Å². The fourth-order valence-electron chi connectivity index (χ4n) is 4.78. The maximum Gasteiger partial charge on any atom is 0.251 e. The maximum absolute atomic E-state index is 13.4. The van der Waals surface area contributed by atoms with Crippen molar-refractivity contribution in [1.82, 2.24) is 16.0 Å². The van der Waals surface area contributed by atoms with Gasteiger partial charge in [-0.3, -0.25) is 24.2 Å². The second kappa shape index (κ2) is 17.0. The highest BCUT2D eigenvalue weighted by Gasteiger charge is 2.33. The lowest BCUT2D eigenvalue weighted by molar-refractivity contribution is -0.133. The van der Waals surface area contributed by atoms with E-state index in [4.69, 9.17) is 22.9 Å². The quantitative estimate of drug-likeness (QED) is 0.0856. The van der Waals surface area contributed by atoms with Gasteiger partial charge in [-0.05, 0) is 69.5 Å². The highest BCUT2D eigenvalue weighted by atomic mass is 16.2. The van der Waals surface area contributed by atoms with E-state index < -0.39 is 41.8 Å². The summed E-state index contributed by atoms with van der Waals surface area (Å²) in [5, 5.41) is 8.34. The van der Waals surface area contributed by atoms with Gasteiger partial charge in [0.05, 0.1) is 0 Å². The standard InChI is InChI=1S/C27H44N8O4/c28-16-8-7-14-20(26(39)35-22(23(29)36)18-10-3-1-4-11-18)34-25(38)21(15-9-17-32-27(30)31)33-24(37)19-12-5-2-6-13-19/h2,5-6,12-13,18,20-22H,1,3-4,7-11,14-17,28H2,(H2,29,36)(H,33,37)(H,34,38)(H,35,39)(H4,30,31,32)/t20-,21-,22?/m0/s1. The van der Waals surface area contributed by atoms with Crippen LogP contribution in [0.5, 0.6) is 0 Å². The molecule has 0 aromatic heterocycles. The Morgan fingerprint density at radius 1 is 0.821 bits per heavy atom. The molecule has 0 aliphatic heterocycles. The lowest BCUT2D eigenvalue weighted by Crippen LogP contribution is -2.57. The molecule has 0 saturated heterocycles. The van der Waals surface area contributed by atoms with Crippen molar-refractivity contribution in [2.45, 2.75) is 82.3 Å². The third kappa shape index (κ3) is 11.3. The lowest BCUT2D eigenvalue weighted by atomic mass is 9.83. The molecule has 1 unspecified atom stereocenters. The highest BCUT2D eigenvalue weighted by Crippen LogP contribution is 2.26. The van der Waals surface area contributed by atoms with Gasteiger partial charge in [0.1, 0.15) is 18.1 Å². The van der Waals surface area contributed by atoms with Gasteiger partial charge in [-0.1, -0.05) is 37.5 Å². The number of hydrogen-bond donors (Lipinski definition) is 7. The van der Waals surface area contributed by atoms with Crippen molar-refractivity contribution >= 4 is 29.6 Å². The molecule has 3 atom stereocenters. The van der Waals surface area contributed by atoms with Crippen LogP contribution in [0.3, 0.4) is 0 Å². The molecule has 12 nitrogen and oxygen atoms in total. The molecule has 2 rings (SSSR count). The van der Waals surface area contributed by atoms with Crippen LogP contribution in [0.15, 0.2) is 35.3 Å². The Bertz CT molecular complexity index is 962. The van der Waals surface area contributed by atoms with Gasteiger partial charge in [0.25, 0.3) is 5.91 Å². The predicted molar refractivity (Wildman–Crippen MR) is 150 cm³/mol. The molecule has 0 heterocycles. The van der Waals surface area contributed by atoms with Crippen molar-refractivity contribution in [2.24, 2.45) is 33.8 Å². The SMILES string of the molecule is NCCCC[C@H](NC(=O)[C@H](CCCN=C(N)N)NC(=O)c1ccccc1)C(=O)NC(C(N)=O)C1CCCCC1. The Morgan fingerprint density at radius 3 is 2.05 bits per heavy atom. The average molecular weight is 545 g/mol. The van der Waals surface area contributed by atoms with Crippen LogP contribution in [-0.2, 0) is 14.4 Å². The van der Waals surface area contributed by atoms with E-state index >= 15 is 0 Å². The van der Waals surface area contributed by atoms with Crippen LogP contribution in [0, 0.1) is 5.92 Å². The number of carbonyl (C=O) groups is 4. The zero-order chi connectivity index (χ0) is 28.6. The normalized spacial score (nSPS) is 15.8. The first-order valence-corrected chi connectivity index (χ1v) is 13.7. The third-order valence-electron chi connectivity index (χ3n) is 6.91. The summed E-state index contributed by atoms with van der Waals surface area (Å²) in [7, 11) is 0. The van der Waals surface area contributed by atoms with Crippen LogP contribution in [0.1, 0.15) is 74.6 Å². The van der Waals surface area contributed by atoms with E-state index in [2.05, 4.69) is 20.9 Å². The number of benzene rings is 1. The van der Waals surface area contributed by atoms with Crippen molar-refractivity contribution in [3.05, 3.63) is 35.9 Å². The monoisotopic (exact) mass is 544 g/mol. The molecule has 1 aromatic carbocycles. The Balaban J connectivity index is 2.16. The summed E-state index contributed by atoms with van der Waals surface area (Å²) in [5.41, 5.74) is 22.5. The summed E-state index contributed by atoms with van der Waals surface area (Å²) < 4.78 is 0. The second-order valence-electron chi connectivity index (χ2n) is 9.97. The van der Waals surface area contributed by atoms with Gasteiger partial charge < -0.3 is 38.9 Å². The molecule has 1 fully saturated rings. The number of amides is 4. The van der Waals surface area contributed by atoms with Crippen LogP contribution < -0.4 is 38.9 Å². The molecule has 11 N–H and O–H groups in total. The fraction of sp³-hybridized carbons (Fsp3) is 0.593. The lowest BCUT2D eigenvalue weighted by Gasteiger charge is -2.30. The van der Waals surface area contributed by atoms with Crippen molar-refractivity contribution in [3.63, 3.8) is 0 Å². The molecule has 1 aromatic rings. The van der Waals surface area contributed by atoms with Crippen molar-refractivity contribution in [2.75, 3.05) is 13.1 Å². The first kappa shape index (κ1) is 31.5. The summed E-state index contributed by atoms with van der Waals surface area (Å²) in [6, 6.07) is 5.84. The molecule has 12 heteroatoms. The van der Waals surface area contributed by atoms with Crippen LogP contribution in [0.4, 0.5) is 0 Å². The summed E-state index contributed by atoms with van der Waals surface area (Å²) in [5.74, 6) is -2.12. The fourth-order valence-corrected chi connectivity index (χ4v) is 4.78. The Morgan fingerprint density at radius 2 is 1.44 bits per heavy atom. The first-order valence-electron chi connectivity index (χ1n) is 13.7. The van der Waals surface area contributed by atoms with Crippen LogP contribution in [0.2, 0.25) is 0 Å². The van der Waals surface area contributed by atoms with E-state index in [-0.39, 0.29) is 24.8 Å². The minimum absolute atomic E-state index is 0.0333. The van der Waals surface area contributed by atoms with E-state index in [1.54, 1.807) is 30.3 Å². The number of rotatable bonds is 16. The number of nitrogens with one attached hydrogen (secondary N) is 3. The Labute approximate surface area is 230 Å². The highest BCUT2D eigenvalue weighted by molar-refractivity contribution is 5.98. The maximum atomic E-state index is 13.4. The van der Waals surface area contributed by atoms with Gasteiger partial charge in [0.15, 0.2) is 5.96 Å². The number of guanidine groups is 1. The number of aliphatic imine (C=N–C) groups is 1. The van der Waals surface area contributed by atoms with Gasteiger partial charge in [0.2, 0.25) is 17.7 Å². The van der Waals surface area contributed by atoms with Gasteiger partial charge in [0, 0.05) is 12.1 Å². The zero-order valence-corrected chi connectivity index (χ0v) is 22.6. The molecular weight excluding hydrogens is 500 g/mol. The van der Waals surface area contributed by atoms with Crippen LogP contribution >= 0.6 is 0 Å². The number of nitrogens with zero attached hydrogens (tertiary/aromatic N) is 1. The number of primary amides is 1. The average Bonchev–Trinajstić information content (AvgIpc) is 2.93. The Hall–Kier alpha value is -3.67. The van der Waals surface area contributed by atoms with Crippen molar-refractivity contribution in [1.29, 1.82) is 0 Å². The molecule has 1 aliphatic rings. The summed E-state index contributed by atoms with van der Waals surface area (Å²) >= 11 is 0. The van der Waals surface area contributed by atoms with E-state index in [0.717, 1.165) is 32.1 Å². The molecule has 0 bridgehead atoms. The van der Waals surface area contributed by atoms with Crippen LogP contribution in [0.25, 0.3) is 0 Å². The smallest absolute Gasteiger partial charge is 0.251 e. The largest absolute Gasteiger partial charge is 0.370 e. The summed E-state index contributed by atoms with van der Waals surface area (Å²) in [6.45, 7) is 0.713. The number of unbranched alkanes of at least 4 members (excludes halogenated alkanes) is 1. The molecule has 0 spiro atoms. The molecule has 1 aliphatic carbocycles. The third-order valence-corrected chi connectivity index (χ3v) is 6.91. The molecule has 216 valence electrons. The zero-order valence-electron chi connectivity index (χ0n) is 22.6. The summed E-state index contributed by atoms with van der Waals surface area (Å²) in [6.07, 6.45) is 6.88. The van der Waals surface area contributed by atoms with Gasteiger partial charge in [-0.2, -0.15) is 0 Å². The number of carbonyl (C=O) groups excluding carboxylic acids is 4. The second-order valence-corrected chi connectivity index (χ2v) is 9.97. The minimum atomic E-state index is -0.943. The minimum Gasteiger partial charge on any atom is -0.370 e. The van der Waals surface area contributed by atoms with Crippen molar-refractivity contribution in [3.8, 4) is 0 Å². The Kier molecular flexibility index (Phi) is 13.8. The van der Waals surface area contributed by atoms with Gasteiger partial charge in [-0.25, -0.2) is 0 Å². The molecule has 39 heavy (non-hydrogen) atoms. The molecule has 0 radical (unpaired) electrons. The van der Waals surface area contributed by atoms with E-state index in [1.807, 2.05) is 0 Å². The summed E-state index contributed by atoms with van der Waals surface area (Å²) in [4.78, 5) is 55.7. The number of nitrogens with two attached hydrogens (primary N) is 4. The van der Waals surface area contributed by atoms with Crippen LogP contribution in [-0.4, -0.2) is 60.8 Å².